The second-order valence-corrected chi connectivity index (χ2v) is 7.46. The van der Waals surface area contributed by atoms with Crippen LogP contribution in [0.1, 0.15) is 22.0 Å². The molecule has 1 fully saturated rings. The lowest BCUT2D eigenvalue weighted by molar-refractivity contribution is -0.140. The van der Waals surface area contributed by atoms with Crippen molar-refractivity contribution in [2.24, 2.45) is 0 Å². The van der Waals surface area contributed by atoms with E-state index in [1.165, 1.54) is 40.5 Å². The predicted octanol–water partition coefficient (Wildman–Crippen LogP) is 4.51. The Labute approximate surface area is 165 Å². The summed E-state index contributed by atoms with van der Waals surface area (Å²) < 4.78 is 13.4. The number of likely N-dealkylation sites (tertiary alicyclic amines) is 1. The van der Waals surface area contributed by atoms with E-state index in [1.807, 2.05) is 17.5 Å². The quantitative estimate of drug-likeness (QED) is 0.403. The molecule has 28 heavy (non-hydrogen) atoms. The van der Waals surface area contributed by atoms with Gasteiger partial charge in [0.25, 0.3) is 11.7 Å². The first kappa shape index (κ1) is 18.1. The Bertz CT molecular complexity index is 1040. The monoisotopic (exact) mass is 393 g/mol. The molecule has 1 aliphatic rings. The first-order valence-corrected chi connectivity index (χ1v) is 9.56. The summed E-state index contributed by atoms with van der Waals surface area (Å²) in [5, 5.41) is 12.7. The van der Waals surface area contributed by atoms with Crippen LogP contribution < -0.4 is 0 Å². The lowest BCUT2D eigenvalue weighted by Crippen LogP contribution is -2.28. The third kappa shape index (κ3) is 3.23. The van der Waals surface area contributed by atoms with Crippen molar-refractivity contribution in [3.05, 3.63) is 99.5 Å². The summed E-state index contributed by atoms with van der Waals surface area (Å²) in [5.41, 5.74) is 1.03. The predicted molar refractivity (Wildman–Crippen MR) is 105 cm³/mol. The van der Waals surface area contributed by atoms with Gasteiger partial charge in [0.15, 0.2) is 0 Å². The van der Waals surface area contributed by atoms with Crippen molar-refractivity contribution in [1.29, 1.82) is 0 Å². The zero-order valence-electron chi connectivity index (χ0n) is 14.7. The summed E-state index contributed by atoms with van der Waals surface area (Å²) in [6, 6.07) is 17.2. The minimum absolute atomic E-state index is 0.0133. The number of hydrogen-bond acceptors (Lipinski definition) is 4. The van der Waals surface area contributed by atoms with Gasteiger partial charge in [0.05, 0.1) is 18.2 Å². The number of aliphatic hydroxyl groups excluding tert-OH is 1. The van der Waals surface area contributed by atoms with Gasteiger partial charge in [-0.2, -0.15) is 0 Å². The minimum Gasteiger partial charge on any atom is -0.507 e. The zero-order chi connectivity index (χ0) is 19.7. The highest BCUT2D eigenvalue weighted by Gasteiger charge is 2.46. The molecule has 1 unspecified atom stereocenters. The van der Waals surface area contributed by atoms with Gasteiger partial charge in [-0.3, -0.25) is 9.59 Å². The number of halogens is 1. The van der Waals surface area contributed by atoms with Crippen molar-refractivity contribution in [2.75, 3.05) is 0 Å². The minimum atomic E-state index is -0.789. The van der Waals surface area contributed by atoms with Gasteiger partial charge in [-0.1, -0.05) is 48.5 Å². The van der Waals surface area contributed by atoms with Crippen LogP contribution in [0.25, 0.3) is 5.76 Å². The zero-order valence-corrected chi connectivity index (χ0v) is 15.5. The second-order valence-electron chi connectivity index (χ2n) is 6.42. The molecule has 0 saturated carbocycles. The molecule has 2 heterocycles. The Morgan fingerprint density at radius 3 is 2.36 bits per heavy atom. The van der Waals surface area contributed by atoms with Gasteiger partial charge in [-0.15, -0.1) is 11.3 Å². The Balaban J connectivity index is 1.86. The van der Waals surface area contributed by atoms with E-state index in [0.29, 0.717) is 11.1 Å². The molecule has 6 heteroatoms. The largest absolute Gasteiger partial charge is 0.507 e. The summed E-state index contributed by atoms with van der Waals surface area (Å²) in [6.45, 7) is 0.232. The van der Waals surface area contributed by atoms with Crippen LogP contribution in [0.3, 0.4) is 0 Å². The van der Waals surface area contributed by atoms with Gasteiger partial charge in [-0.05, 0) is 29.1 Å². The fourth-order valence-electron chi connectivity index (χ4n) is 3.36. The standard InChI is InChI=1S/C22H16FNO3S/c23-16-10-8-14(9-11-16)19-18(20(25)15-5-2-1-3-6-15)21(26)22(27)24(19)13-17-7-4-12-28-17/h1-12,19,25H,13H2/b20-18+. The second kappa shape index (κ2) is 7.40. The van der Waals surface area contributed by atoms with Crippen molar-refractivity contribution < 1.29 is 19.1 Å². The van der Waals surface area contributed by atoms with Crippen molar-refractivity contribution in [2.45, 2.75) is 12.6 Å². The summed E-state index contributed by atoms with van der Waals surface area (Å²) in [7, 11) is 0. The van der Waals surface area contributed by atoms with Gasteiger partial charge < -0.3 is 10.0 Å². The number of carbonyl (C=O) groups is 2. The number of nitrogens with zero attached hydrogens (tertiary/aromatic N) is 1. The first-order chi connectivity index (χ1) is 13.6. The van der Waals surface area contributed by atoms with Gasteiger partial charge in [-0.25, -0.2) is 4.39 Å². The van der Waals surface area contributed by atoms with Gasteiger partial charge in [0.1, 0.15) is 11.6 Å². The fraction of sp³-hybridized carbons (Fsp3) is 0.0909. The average molecular weight is 393 g/mol. The van der Waals surface area contributed by atoms with Crippen LogP contribution >= 0.6 is 11.3 Å². The van der Waals surface area contributed by atoms with Gasteiger partial charge in [0.2, 0.25) is 0 Å². The van der Waals surface area contributed by atoms with Crippen LogP contribution in [0.5, 0.6) is 0 Å². The highest BCUT2D eigenvalue weighted by atomic mass is 32.1. The molecule has 4 rings (SSSR count). The molecule has 1 aliphatic heterocycles. The molecule has 2 aromatic carbocycles. The molecule has 0 bridgehead atoms. The molecule has 0 aliphatic carbocycles. The molecular weight excluding hydrogens is 377 g/mol. The van der Waals surface area contributed by atoms with Crippen LogP contribution in [-0.4, -0.2) is 21.7 Å². The number of hydrogen-bond donors (Lipinski definition) is 1. The number of rotatable bonds is 4. The molecular formula is C22H16FNO3S. The number of Topliss-reactive ketones (excluding diaryl/α,β-unsaturated/α-hetero) is 1. The summed E-state index contributed by atoms with van der Waals surface area (Å²) in [6.07, 6.45) is 0. The Hall–Kier alpha value is -3.25. The van der Waals surface area contributed by atoms with Crippen LogP contribution in [0.2, 0.25) is 0 Å². The van der Waals surface area contributed by atoms with E-state index in [1.54, 1.807) is 30.3 Å². The van der Waals surface area contributed by atoms with E-state index in [-0.39, 0.29) is 17.9 Å². The fourth-order valence-corrected chi connectivity index (χ4v) is 4.06. The molecule has 4 nitrogen and oxygen atoms in total. The Morgan fingerprint density at radius 1 is 1.00 bits per heavy atom. The summed E-state index contributed by atoms with van der Waals surface area (Å²) >= 11 is 1.47. The molecule has 1 saturated heterocycles. The number of aliphatic hydroxyl groups is 1. The van der Waals surface area contributed by atoms with Crippen LogP contribution in [0.15, 0.2) is 77.7 Å². The van der Waals surface area contributed by atoms with Crippen LogP contribution in [0.4, 0.5) is 4.39 Å². The number of benzene rings is 2. The van der Waals surface area contributed by atoms with E-state index < -0.39 is 23.5 Å². The molecule has 140 valence electrons. The third-order valence-corrected chi connectivity index (χ3v) is 5.54. The summed E-state index contributed by atoms with van der Waals surface area (Å²) in [4.78, 5) is 28.0. The average Bonchev–Trinajstić information content (AvgIpc) is 3.31. The number of thiophene rings is 1. The van der Waals surface area contributed by atoms with Gasteiger partial charge >= 0.3 is 0 Å². The normalized spacial score (nSPS) is 18.6. The first-order valence-electron chi connectivity index (χ1n) is 8.68. The maximum absolute atomic E-state index is 13.4. The molecule has 3 aromatic rings. The number of ketones is 1. The highest BCUT2D eigenvalue weighted by Crippen LogP contribution is 2.40. The van der Waals surface area contributed by atoms with E-state index in [2.05, 4.69) is 0 Å². The van der Waals surface area contributed by atoms with Gasteiger partial charge in [0, 0.05) is 10.4 Å². The van der Waals surface area contributed by atoms with Crippen LogP contribution in [-0.2, 0) is 16.1 Å². The van der Waals surface area contributed by atoms with Crippen molar-refractivity contribution >= 4 is 28.8 Å². The Morgan fingerprint density at radius 2 is 1.71 bits per heavy atom. The van der Waals surface area contributed by atoms with Crippen molar-refractivity contribution in [3.8, 4) is 0 Å². The molecule has 1 amide bonds. The lowest BCUT2D eigenvalue weighted by Gasteiger charge is -2.25. The molecule has 0 radical (unpaired) electrons. The maximum atomic E-state index is 13.4. The van der Waals surface area contributed by atoms with E-state index in [9.17, 15) is 19.1 Å². The SMILES string of the molecule is O=C1C(=O)N(Cc2cccs2)C(c2ccc(F)cc2)/C1=C(\O)c1ccccc1. The number of amides is 1. The topological polar surface area (TPSA) is 57.6 Å². The highest BCUT2D eigenvalue weighted by molar-refractivity contribution is 7.09. The Kier molecular flexibility index (Phi) is 4.79. The van der Waals surface area contributed by atoms with Crippen molar-refractivity contribution in [1.82, 2.24) is 4.90 Å². The molecule has 1 N–H and O–H groups in total. The molecule has 0 spiro atoms. The van der Waals surface area contributed by atoms with Crippen LogP contribution in [0, 0.1) is 5.82 Å². The lowest BCUT2D eigenvalue weighted by atomic mass is 9.95. The summed E-state index contributed by atoms with van der Waals surface area (Å²) in [5.74, 6) is -2.07. The van der Waals surface area contributed by atoms with E-state index in [0.717, 1.165) is 4.88 Å². The van der Waals surface area contributed by atoms with Crippen molar-refractivity contribution in [3.63, 3.8) is 0 Å². The van der Waals surface area contributed by atoms with E-state index >= 15 is 0 Å². The molecule has 1 atom stereocenters. The van der Waals surface area contributed by atoms with E-state index in [4.69, 9.17) is 0 Å². The smallest absolute Gasteiger partial charge is 0.295 e. The number of carbonyl (C=O) groups excluding carboxylic acids is 2. The third-order valence-electron chi connectivity index (χ3n) is 4.68. The molecule has 1 aromatic heterocycles. The maximum Gasteiger partial charge on any atom is 0.295 e.